The molecule has 2 heterocycles. The van der Waals surface area contributed by atoms with Crippen molar-refractivity contribution in [2.75, 3.05) is 88.6 Å². The van der Waals surface area contributed by atoms with Gasteiger partial charge in [0.05, 0.1) is 110 Å². The molecule has 3 N–H and O–H groups in total. The lowest BCUT2D eigenvalue weighted by Gasteiger charge is -2.29. The van der Waals surface area contributed by atoms with Crippen LogP contribution in [0.15, 0.2) is 180 Å². The van der Waals surface area contributed by atoms with E-state index in [4.69, 9.17) is 38.9 Å². The van der Waals surface area contributed by atoms with E-state index < -0.39 is 36.0 Å². The Morgan fingerprint density at radius 1 is 0.486 bits per heavy atom. The minimum atomic E-state index is -3.80. The van der Waals surface area contributed by atoms with Crippen molar-refractivity contribution in [2.24, 2.45) is 17.6 Å². The molecule has 2 aliphatic rings. The standard InChI is InChI=1S/C22H27NO6S.C18H20BrNO5S.C17H18BrNO4S.C9H9BrO2.C9H13NO.C5H9IO2/c1-15(22(24)29-4)11-16-5-8-21-17(12-16)9-10-23(30(21,25)26)14-18-6-7-19(27-2)13-20(18)28-3;1-12-8-16(24-2)6-4-13(12)11-20-26(22,23)17-7-5-15(19)9-14(17)10-18(21)25-3;1-22-15-5-3-13(16(10-15)23-2)11-19-8-7-12-9-14(18)4-6-17(12)24(19,20)21;1-12-9(11)6-7-3-2-4-8(10)5-7;1-7-5-9(11-2)4-3-8(7)6-10;1-4(3-6)5(7)8-2/h5-8,12-13,15H,9-11,14H2,1-4H3;4-9,20H,10-11H2,1-3H3;3-6,9-10H,7-8,11H2,1-2H3;2-5H,6H2,1H3;3-5H,6,10H2,1-2H3;4H,3H2,1-2H3/t15-;;;;;4-/m0....0/s1. The monoisotopic (exact) mass is 1890 g/mol. The Morgan fingerprint density at radius 3 is 1.38 bits per heavy atom. The number of esters is 4. The molecular weight excluding hydrogens is 1800 g/mol. The van der Waals surface area contributed by atoms with Gasteiger partial charge in [0, 0.05) is 80.4 Å². The summed E-state index contributed by atoms with van der Waals surface area (Å²) in [7, 11) is 3.99. The van der Waals surface area contributed by atoms with E-state index in [1.165, 1.54) is 54.2 Å². The highest BCUT2D eigenvalue weighted by Crippen LogP contribution is 2.35. The molecule has 10 rings (SSSR count). The first kappa shape index (κ1) is 93.9. The fourth-order valence-electron chi connectivity index (χ4n) is 11.1. The molecule has 0 aliphatic carbocycles. The predicted octanol–water partition coefficient (Wildman–Crippen LogP) is 13.8. The Morgan fingerprint density at radius 2 is 0.928 bits per heavy atom. The third kappa shape index (κ3) is 28.1. The number of hydrogen-bond acceptors (Lipinski definition) is 21. The molecule has 24 nitrogen and oxygen atoms in total. The van der Waals surface area contributed by atoms with Crippen molar-refractivity contribution in [1.29, 1.82) is 0 Å². The number of alkyl halides is 1. The molecule has 0 spiro atoms. The molecule has 2 aliphatic heterocycles. The van der Waals surface area contributed by atoms with Crippen LogP contribution in [0.2, 0.25) is 0 Å². The second-order valence-electron chi connectivity index (χ2n) is 24.9. The predicted molar refractivity (Wildman–Crippen MR) is 444 cm³/mol. The summed E-state index contributed by atoms with van der Waals surface area (Å²) in [6.45, 7) is 9.59. The van der Waals surface area contributed by atoms with Gasteiger partial charge in [-0.3, -0.25) is 19.2 Å². The van der Waals surface area contributed by atoms with Crippen LogP contribution in [-0.4, -0.2) is 146 Å². The first-order valence-electron chi connectivity index (χ1n) is 34.4. The second kappa shape index (κ2) is 45.9. The van der Waals surface area contributed by atoms with Gasteiger partial charge < -0.3 is 53.1 Å². The smallest absolute Gasteiger partial charge is 0.310 e. The third-order valence-corrected chi connectivity index (χ3v) is 25.6. The number of methoxy groups -OCH3 is 10. The van der Waals surface area contributed by atoms with Gasteiger partial charge in [-0.1, -0.05) is 133 Å². The zero-order chi connectivity index (χ0) is 82.3. The average Bonchev–Trinajstić information content (AvgIpc) is 0.771. The van der Waals surface area contributed by atoms with Crippen molar-refractivity contribution in [2.45, 2.75) is 101 Å². The SMILES string of the molecule is COC(=O)Cc1cc(Br)ccc1S(=O)(=O)NCc1ccc(OC)cc1C.COC(=O)Cc1cccc(Br)c1.COC(=O)[C@@H](C)CI.COC(=O)[C@@H](C)Cc1ccc2c(c1)CCN(Cc1ccc(OC)cc1OC)S2(=O)=O.COc1ccc(CN)c(C)c1.COc1ccc(CN2CCc3cc(Br)ccc3S2(=O)=O)c(OC)c1. The van der Waals surface area contributed by atoms with E-state index in [2.05, 4.69) is 89.3 Å². The van der Waals surface area contributed by atoms with Crippen molar-refractivity contribution in [1.82, 2.24) is 13.3 Å². The van der Waals surface area contributed by atoms with Crippen LogP contribution in [-0.2, 0) is 126 Å². The Hall–Kier alpha value is -7.70. The number of ether oxygens (including phenoxy) is 10. The molecule has 602 valence electrons. The molecule has 0 unspecified atom stereocenters. The molecule has 8 aromatic carbocycles. The Labute approximate surface area is 691 Å². The summed E-state index contributed by atoms with van der Waals surface area (Å²) in [6.07, 6.45) is 2.00. The summed E-state index contributed by atoms with van der Waals surface area (Å²) < 4.78 is 136. The lowest BCUT2D eigenvalue weighted by molar-refractivity contribution is -0.145. The maximum absolute atomic E-state index is 13.2. The Kier molecular flexibility index (Phi) is 38.8. The summed E-state index contributed by atoms with van der Waals surface area (Å²) >= 11 is 12.2. The van der Waals surface area contributed by atoms with Gasteiger partial charge in [0.15, 0.2) is 0 Å². The number of halogens is 4. The number of nitrogens with two attached hydrogens (primary N) is 1. The van der Waals surface area contributed by atoms with Gasteiger partial charge in [-0.2, -0.15) is 8.61 Å². The van der Waals surface area contributed by atoms with Gasteiger partial charge in [-0.05, 0) is 174 Å². The number of carbonyl (C=O) groups excluding carboxylic acids is 4. The highest BCUT2D eigenvalue weighted by atomic mass is 127. The number of aryl methyl sites for hydroxylation is 2. The first-order chi connectivity index (χ1) is 52.7. The number of carbonyl (C=O) groups is 4. The van der Waals surface area contributed by atoms with Crippen LogP contribution in [0, 0.1) is 25.7 Å². The normalized spacial score (nSPS) is 13.5. The molecular formula is C80H96Br3IN4O20S3. The fraction of sp³-hybridized carbons (Fsp3) is 0.350. The fourth-order valence-corrected chi connectivity index (χ4v) is 17.3. The van der Waals surface area contributed by atoms with Crippen molar-refractivity contribution in [3.05, 3.63) is 226 Å². The molecule has 0 bridgehead atoms. The van der Waals surface area contributed by atoms with E-state index in [9.17, 15) is 44.4 Å². The van der Waals surface area contributed by atoms with E-state index >= 15 is 0 Å². The maximum Gasteiger partial charge on any atom is 0.310 e. The number of nitrogens with zero attached hydrogens (tertiary/aromatic N) is 2. The number of benzene rings is 8. The molecule has 0 fully saturated rings. The van der Waals surface area contributed by atoms with Crippen LogP contribution >= 0.6 is 70.4 Å². The number of sulfonamides is 3. The molecule has 0 radical (unpaired) electrons. The third-order valence-electron chi connectivity index (χ3n) is 17.4. The summed E-state index contributed by atoms with van der Waals surface area (Å²) in [4.78, 5) is 45.4. The number of nitrogens with one attached hydrogen (secondary N) is 1. The highest BCUT2D eigenvalue weighted by molar-refractivity contribution is 14.1. The Bertz CT molecular complexity index is 4830. The molecule has 0 saturated carbocycles. The van der Waals surface area contributed by atoms with E-state index in [0.29, 0.717) is 93.9 Å². The van der Waals surface area contributed by atoms with Crippen molar-refractivity contribution >= 4 is 124 Å². The number of rotatable bonds is 24. The maximum atomic E-state index is 13.2. The van der Waals surface area contributed by atoms with Crippen LogP contribution in [0.1, 0.15) is 75.0 Å². The average molecular weight is 1900 g/mol. The number of hydrogen-bond donors (Lipinski definition) is 2. The lowest BCUT2D eigenvalue weighted by atomic mass is 9.98. The summed E-state index contributed by atoms with van der Waals surface area (Å²) in [6, 6.07) is 45.0. The highest BCUT2D eigenvalue weighted by Gasteiger charge is 2.34. The quantitative estimate of drug-likeness (QED) is 0.0246. The van der Waals surface area contributed by atoms with Crippen LogP contribution in [0.3, 0.4) is 0 Å². The zero-order valence-corrected chi connectivity index (χ0v) is 73.8. The first-order valence-corrected chi connectivity index (χ1v) is 42.7. The van der Waals surface area contributed by atoms with Crippen molar-refractivity contribution in [3.8, 4) is 34.5 Å². The second-order valence-corrected chi connectivity index (χ2v) is 34.1. The van der Waals surface area contributed by atoms with Crippen LogP contribution in [0.4, 0.5) is 0 Å². The van der Waals surface area contributed by atoms with Gasteiger partial charge in [0.2, 0.25) is 30.1 Å². The van der Waals surface area contributed by atoms with E-state index in [1.807, 2.05) is 99.6 Å². The summed E-state index contributed by atoms with van der Waals surface area (Å²) in [5, 5.41) is 0. The van der Waals surface area contributed by atoms with Crippen molar-refractivity contribution < 1.29 is 91.8 Å². The van der Waals surface area contributed by atoms with Gasteiger partial charge in [-0.25, -0.2) is 30.0 Å². The topological polar surface area (TPSA) is 308 Å². The van der Waals surface area contributed by atoms with E-state index in [-0.39, 0.29) is 60.7 Å². The molecule has 8 aromatic rings. The molecule has 0 saturated heterocycles. The molecule has 31 heteroatoms. The van der Waals surface area contributed by atoms with Crippen LogP contribution in [0.5, 0.6) is 34.5 Å². The largest absolute Gasteiger partial charge is 0.497 e. The van der Waals surface area contributed by atoms with E-state index in [1.54, 1.807) is 116 Å². The van der Waals surface area contributed by atoms with Gasteiger partial charge in [0.1, 0.15) is 34.5 Å². The molecule has 111 heavy (non-hydrogen) atoms. The molecule has 2 atom stereocenters. The minimum Gasteiger partial charge on any atom is -0.497 e. The van der Waals surface area contributed by atoms with Gasteiger partial charge in [-0.15, -0.1) is 0 Å². The van der Waals surface area contributed by atoms with E-state index in [0.717, 1.165) is 63.6 Å². The van der Waals surface area contributed by atoms with Crippen LogP contribution in [0.25, 0.3) is 0 Å². The van der Waals surface area contributed by atoms with Crippen LogP contribution < -0.4 is 38.9 Å². The lowest BCUT2D eigenvalue weighted by Crippen LogP contribution is -2.37. The summed E-state index contributed by atoms with van der Waals surface area (Å²) in [5.41, 5.74) is 15.1. The minimum absolute atomic E-state index is 0.0422. The van der Waals surface area contributed by atoms with Crippen molar-refractivity contribution in [3.63, 3.8) is 0 Å². The summed E-state index contributed by atoms with van der Waals surface area (Å²) in [5.74, 6) is 2.75. The molecule has 0 aromatic heterocycles. The number of fused-ring (bicyclic) bond motifs is 2. The molecule has 0 amide bonds. The Balaban J connectivity index is 0.000000251. The zero-order valence-electron chi connectivity index (χ0n) is 64.4. The van der Waals surface area contributed by atoms with Gasteiger partial charge >= 0.3 is 23.9 Å². The van der Waals surface area contributed by atoms with Gasteiger partial charge in [0.25, 0.3) is 0 Å².